The van der Waals surface area contributed by atoms with E-state index in [1.165, 1.54) is 43.4 Å². The van der Waals surface area contributed by atoms with Crippen molar-refractivity contribution in [2.45, 2.75) is 65.2 Å². The first-order valence-electron chi connectivity index (χ1n) is 11.7. The fourth-order valence-electron chi connectivity index (χ4n) is 3.65. The highest BCUT2D eigenvalue weighted by Gasteiger charge is 2.15. The Morgan fingerprint density at radius 2 is 1.59 bits per heavy atom. The van der Waals surface area contributed by atoms with Crippen LogP contribution in [0, 0.1) is 5.82 Å². The first-order chi connectivity index (χ1) is 15.6. The topological polar surface area (TPSA) is 39.2 Å². The van der Waals surface area contributed by atoms with E-state index in [-0.39, 0.29) is 5.56 Å². The maximum Gasteiger partial charge on any atom is 0.346 e. The van der Waals surface area contributed by atoms with E-state index in [0.717, 1.165) is 42.5 Å². The second kappa shape index (κ2) is 12.1. The molecular weight excluding hydrogens is 401 g/mol. The van der Waals surface area contributed by atoms with Crippen LogP contribution in [0.25, 0.3) is 11.3 Å². The van der Waals surface area contributed by atoms with E-state index in [1.807, 2.05) is 30.5 Å². The van der Waals surface area contributed by atoms with Gasteiger partial charge in [0.1, 0.15) is 11.6 Å². The molecule has 3 nitrogen and oxygen atoms in total. The summed E-state index contributed by atoms with van der Waals surface area (Å²) in [5, 5.41) is 0. The van der Waals surface area contributed by atoms with Gasteiger partial charge in [0.05, 0.1) is 11.3 Å². The molecule has 32 heavy (non-hydrogen) atoms. The van der Waals surface area contributed by atoms with Crippen LogP contribution >= 0.6 is 0 Å². The van der Waals surface area contributed by atoms with Gasteiger partial charge in [-0.25, -0.2) is 9.18 Å². The number of carbonyl (C=O) groups is 1. The number of hydrogen-bond donors (Lipinski definition) is 0. The number of carbonyl (C=O) groups excluding carboxylic acids is 1. The van der Waals surface area contributed by atoms with E-state index >= 15 is 0 Å². The lowest BCUT2D eigenvalue weighted by atomic mass is 10.0. The smallest absolute Gasteiger partial charge is 0.346 e. The molecule has 0 N–H and O–H groups in total. The second-order valence-electron chi connectivity index (χ2n) is 8.15. The summed E-state index contributed by atoms with van der Waals surface area (Å²) in [5.41, 5.74) is 3.84. The van der Waals surface area contributed by atoms with Gasteiger partial charge in [-0.3, -0.25) is 4.98 Å². The molecule has 0 aliphatic rings. The molecular formula is C28H32FNO2. The highest BCUT2D eigenvalue weighted by Crippen LogP contribution is 2.22. The number of hydrogen-bond acceptors (Lipinski definition) is 3. The van der Waals surface area contributed by atoms with Crippen LogP contribution in [0.3, 0.4) is 0 Å². The summed E-state index contributed by atoms with van der Waals surface area (Å²) in [6, 6.07) is 15.9. The van der Waals surface area contributed by atoms with Gasteiger partial charge in [-0.2, -0.15) is 0 Å². The zero-order valence-electron chi connectivity index (χ0n) is 19.1. The predicted octanol–water partition coefficient (Wildman–Crippen LogP) is 7.57. The van der Waals surface area contributed by atoms with Crippen molar-refractivity contribution in [2.24, 2.45) is 0 Å². The lowest BCUT2D eigenvalue weighted by Gasteiger charge is -2.08. The Balaban J connectivity index is 1.55. The maximum absolute atomic E-state index is 14.5. The van der Waals surface area contributed by atoms with Crippen LogP contribution in [-0.2, 0) is 12.8 Å². The van der Waals surface area contributed by atoms with Gasteiger partial charge in [-0.1, -0.05) is 58.1 Å². The van der Waals surface area contributed by atoms with E-state index in [2.05, 4.69) is 24.9 Å². The average Bonchev–Trinajstić information content (AvgIpc) is 2.82. The molecule has 0 fully saturated rings. The zero-order valence-corrected chi connectivity index (χ0v) is 19.1. The molecule has 0 aliphatic heterocycles. The molecule has 0 bridgehead atoms. The molecule has 0 unspecified atom stereocenters. The SMILES string of the molecule is CCCCCCCCc1ccc(C(=O)Oc2ccc(-c3ccc(CC)cn3)cc2)c(F)c1. The van der Waals surface area contributed by atoms with Crippen molar-refractivity contribution in [3.05, 3.63) is 83.3 Å². The van der Waals surface area contributed by atoms with Gasteiger partial charge in [0.2, 0.25) is 0 Å². The summed E-state index contributed by atoms with van der Waals surface area (Å²) in [6.07, 6.45) is 10.8. The number of esters is 1. The third kappa shape index (κ3) is 6.74. The number of aryl methyl sites for hydroxylation is 2. The Morgan fingerprint density at radius 1 is 0.875 bits per heavy atom. The molecule has 1 heterocycles. The highest BCUT2D eigenvalue weighted by molar-refractivity contribution is 5.91. The lowest BCUT2D eigenvalue weighted by Crippen LogP contribution is -2.11. The number of halogens is 1. The summed E-state index contributed by atoms with van der Waals surface area (Å²) >= 11 is 0. The minimum atomic E-state index is -0.688. The van der Waals surface area contributed by atoms with E-state index in [1.54, 1.807) is 12.1 Å². The van der Waals surface area contributed by atoms with E-state index in [9.17, 15) is 9.18 Å². The minimum absolute atomic E-state index is 0.0439. The standard InChI is InChI=1S/C28H32FNO2/c1-3-5-6-7-8-9-10-22-11-17-25(26(29)19-22)28(31)32-24-15-13-23(14-16-24)27-18-12-21(4-2)20-30-27/h11-20H,3-10H2,1-2H3. The quantitative estimate of drug-likeness (QED) is 0.178. The summed E-state index contributed by atoms with van der Waals surface area (Å²) in [7, 11) is 0. The molecule has 0 spiro atoms. The molecule has 0 radical (unpaired) electrons. The predicted molar refractivity (Wildman–Crippen MR) is 127 cm³/mol. The largest absolute Gasteiger partial charge is 0.423 e. The summed E-state index contributed by atoms with van der Waals surface area (Å²) in [6.45, 7) is 4.29. The van der Waals surface area contributed by atoms with Crippen molar-refractivity contribution < 1.29 is 13.9 Å². The first kappa shape index (κ1) is 23.6. The number of nitrogens with zero attached hydrogens (tertiary/aromatic N) is 1. The Bertz CT molecular complexity index is 997. The lowest BCUT2D eigenvalue weighted by molar-refractivity contribution is 0.0730. The maximum atomic E-state index is 14.5. The molecule has 2 aromatic carbocycles. The van der Waals surface area contributed by atoms with Gasteiger partial charge < -0.3 is 4.74 Å². The first-order valence-corrected chi connectivity index (χ1v) is 11.7. The molecule has 0 amide bonds. The van der Waals surface area contributed by atoms with E-state index in [0.29, 0.717) is 5.75 Å². The molecule has 0 atom stereocenters. The van der Waals surface area contributed by atoms with Gasteiger partial charge in [0.25, 0.3) is 0 Å². The molecule has 0 saturated carbocycles. The normalized spacial score (nSPS) is 10.8. The van der Waals surface area contributed by atoms with E-state index < -0.39 is 11.8 Å². The molecule has 1 aromatic heterocycles. The Labute approximate surface area is 190 Å². The number of pyridine rings is 1. The van der Waals surface area contributed by atoms with Crippen molar-refractivity contribution >= 4 is 5.97 Å². The Hall–Kier alpha value is -3.01. The number of ether oxygens (including phenoxy) is 1. The van der Waals surface area contributed by atoms with Crippen LogP contribution in [-0.4, -0.2) is 11.0 Å². The van der Waals surface area contributed by atoms with Crippen molar-refractivity contribution in [2.75, 3.05) is 0 Å². The zero-order chi connectivity index (χ0) is 22.8. The number of unbranched alkanes of at least 4 members (excludes halogenated alkanes) is 5. The van der Waals surface area contributed by atoms with Crippen LogP contribution in [0.1, 0.15) is 73.9 Å². The summed E-state index contributed by atoms with van der Waals surface area (Å²) in [5.74, 6) is -0.846. The van der Waals surface area contributed by atoms with Crippen molar-refractivity contribution in [3.8, 4) is 17.0 Å². The summed E-state index contributed by atoms with van der Waals surface area (Å²) < 4.78 is 19.9. The fourth-order valence-corrected chi connectivity index (χ4v) is 3.65. The molecule has 168 valence electrons. The molecule has 3 aromatic rings. The third-order valence-corrected chi connectivity index (χ3v) is 5.67. The van der Waals surface area contributed by atoms with Crippen molar-refractivity contribution in [1.82, 2.24) is 4.98 Å². The Morgan fingerprint density at radius 3 is 2.25 bits per heavy atom. The third-order valence-electron chi connectivity index (χ3n) is 5.67. The van der Waals surface area contributed by atoms with Gasteiger partial charge in [-0.05, 0) is 72.9 Å². The summed E-state index contributed by atoms with van der Waals surface area (Å²) in [4.78, 5) is 16.9. The van der Waals surface area contributed by atoms with Gasteiger partial charge in [-0.15, -0.1) is 0 Å². The molecule has 3 rings (SSSR count). The van der Waals surface area contributed by atoms with Crippen LogP contribution in [0.5, 0.6) is 5.75 Å². The second-order valence-corrected chi connectivity index (χ2v) is 8.15. The Kier molecular flexibility index (Phi) is 8.97. The monoisotopic (exact) mass is 433 g/mol. The minimum Gasteiger partial charge on any atom is -0.423 e. The number of aromatic nitrogens is 1. The van der Waals surface area contributed by atoms with Crippen LogP contribution in [0.4, 0.5) is 4.39 Å². The van der Waals surface area contributed by atoms with Crippen molar-refractivity contribution in [3.63, 3.8) is 0 Å². The average molecular weight is 434 g/mol. The van der Waals surface area contributed by atoms with Crippen LogP contribution in [0.15, 0.2) is 60.8 Å². The van der Waals surface area contributed by atoms with Gasteiger partial charge >= 0.3 is 5.97 Å². The molecule has 4 heteroatoms. The molecule has 0 aliphatic carbocycles. The molecule has 0 saturated heterocycles. The van der Waals surface area contributed by atoms with Gasteiger partial charge in [0, 0.05) is 11.8 Å². The highest BCUT2D eigenvalue weighted by atomic mass is 19.1. The number of rotatable bonds is 11. The van der Waals surface area contributed by atoms with Crippen molar-refractivity contribution in [1.29, 1.82) is 0 Å². The van der Waals surface area contributed by atoms with Gasteiger partial charge in [0.15, 0.2) is 0 Å². The number of benzene rings is 2. The fraction of sp³-hybridized carbons (Fsp3) is 0.357. The van der Waals surface area contributed by atoms with E-state index in [4.69, 9.17) is 4.74 Å². The van der Waals surface area contributed by atoms with Crippen LogP contribution in [0.2, 0.25) is 0 Å². The van der Waals surface area contributed by atoms with Crippen LogP contribution < -0.4 is 4.74 Å².